The first-order valence-corrected chi connectivity index (χ1v) is 8.80. The van der Waals surface area contributed by atoms with Gasteiger partial charge in [-0.05, 0) is 37.5 Å². The highest BCUT2D eigenvalue weighted by molar-refractivity contribution is 5.94. The molecule has 25 heavy (non-hydrogen) atoms. The number of aromatic amines is 1. The van der Waals surface area contributed by atoms with Gasteiger partial charge in [-0.1, -0.05) is 12.1 Å². The first-order valence-electron chi connectivity index (χ1n) is 8.80. The monoisotopic (exact) mass is 338 g/mol. The second-order valence-corrected chi connectivity index (χ2v) is 6.95. The Morgan fingerprint density at radius 1 is 1.28 bits per heavy atom. The Morgan fingerprint density at radius 3 is 2.76 bits per heavy atom. The standard InChI is InChI=1S/C19H22N4O2/c1-12-20-16-8-9-23(11-17(16)21-12)18(24)10-13-2-6-15(7-3-13)22-19(25)14-4-5-14/h2-3,6-7,14H,4-5,8-11H2,1H3,(H,20,21)(H,22,25). The number of anilines is 1. The summed E-state index contributed by atoms with van der Waals surface area (Å²) in [6.07, 6.45) is 3.16. The van der Waals surface area contributed by atoms with Crippen LogP contribution in [0.4, 0.5) is 5.69 Å². The maximum atomic E-state index is 12.6. The second kappa shape index (κ2) is 6.35. The fraction of sp³-hybridized carbons (Fsp3) is 0.421. The smallest absolute Gasteiger partial charge is 0.227 e. The van der Waals surface area contributed by atoms with E-state index in [1.54, 1.807) is 0 Å². The van der Waals surface area contributed by atoms with Gasteiger partial charge in [-0.3, -0.25) is 9.59 Å². The Morgan fingerprint density at radius 2 is 2.04 bits per heavy atom. The molecule has 1 aromatic carbocycles. The van der Waals surface area contributed by atoms with Gasteiger partial charge in [0.05, 0.1) is 24.4 Å². The molecule has 1 saturated carbocycles. The van der Waals surface area contributed by atoms with Gasteiger partial charge in [0.2, 0.25) is 11.8 Å². The van der Waals surface area contributed by atoms with Crippen LogP contribution in [0.2, 0.25) is 0 Å². The number of imidazole rings is 1. The maximum absolute atomic E-state index is 12.6. The number of aryl methyl sites for hydroxylation is 1. The van der Waals surface area contributed by atoms with Crippen molar-refractivity contribution in [1.29, 1.82) is 0 Å². The number of carbonyl (C=O) groups is 2. The molecule has 2 aromatic rings. The van der Waals surface area contributed by atoms with Gasteiger partial charge in [0.15, 0.2) is 0 Å². The third kappa shape index (κ3) is 3.57. The highest BCUT2D eigenvalue weighted by Gasteiger charge is 2.29. The fourth-order valence-corrected chi connectivity index (χ4v) is 3.23. The lowest BCUT2D eigenvalue weighted by atomic mass is 10.1. The Labute approximate surface area is 146 Å². The van der Waals surface area contributed by atoms with E-state index in [0.717, 1.165) is 47.7 Å². The van der Waals surface area contributed by atoms with Crippen LogP contribution in [0.5, 0.6) is 0 Å². The van der Waals surface area contributed by atoms with Gasteiger partial charge in [-0.25, -0.2) is 4.98 Å². The van der Waals surface area contributed by atoms with E-state index in [1.807, 2.05) is 36.1 Å². The number of fused-ring (bicyclic) bond motifs is 1. The molecular formula is C19H22N4O2. The number of rotatable bonds is 4. The van der Waals surface area contributed by atoms with Crippen LogP contribution in [0.3, 0.4) is 0 Å². The molecule has 2 aliphatic rings. The molecule has 0 bridgehead atoms. The third-order valence-electron chi connectivity index (χ3n) is 4.83. The highest BCUT2D eigenvalue weighted by atomic mass is 16.2. The molecule has 0 radical (unpaired) electrons. The summed E-state index contributed by atoms with van der Waals surface area (Å²) in [5.41, 5.74) is 3.89. The molecule has 2 N–H and O–H groups in total. The van der Waals surface area contributed by atoms with Gasteiger partial charge >= 0.3 is 0 Å². The summed E-state index contributed by atoms with van der Waals surface area (Å²) >= 11 is 0. The number of H-pyrrole nitrogens is 1. The molecule has 2 heterocycles. The summed E-state index contributed by atoms with van der Waals surface area (Å²) in [6, 6.07) is 7.57. The van der Waals surface area contributed by atoms with E-state index in [-0.39, 0.29) is 17.7 Å². The van der Waals surface area contributed by atoms with E-state index in [1.165, 1.54) is 0 Å². The topological polar surface area (TPSA) is 78.1 Å². The van der Waals surface area contributed by atoms with Crippen molar-refractivity contribution < 1.29 is 9.59 Å². The number of nitrogens with zero attached hydrogens (tertiary/aromatic N) is 2. The van der Waals surface area contributed by atoms with Gasteiger partial charge in [-0.2, -0.15) is 0 Å². The van der Waals surface area contributed by atoms with Crippen LogP contribution in [-0.2, 0) is 29.0 Å². The summed E-state index contributed by atoms with van der Waals surface area (Å²) in [5.74, 6) is 1.31. The molecule has 6 heteroatoms. The molecule has 0 atom stereocenters. The lowest BCUT2D eigenvalue weighted by Gasteiger charge is -2.26. The SMILES string of the molecule is Cc1nc2c([nH]1)CN(C(=O)Cc1ccc(NC(=O)C3CC3)cc1)CC2. The number of aromatic nitrogens is 2. The van der Waals surface area contributed by atoms with E-state index in [2.05, 4.69) is 15.3 Å². The van der Waals surface area contributed by atoms with Crippen LogP contribution in [0, 0.1) is 12.8 Å². The highest BCUT2D eigenvalue weighted by Crippen LogP contribution is 2.30. The van der Waals surface area contributed by atoms with Crippen LogP contribution in [0.15, 0.2) is 24.3 Å². The number of nitrogens with one attached hydrogen (secondary N) is 2. The predicted molar refractivity (Wildman–Crippen MR) is 93.9 cm³/mol. The molecule has 0 spiro atoms. The molecule has 1 aliphatic heterocycles. The summed E-state index contributed by atoms with van der Waals surface area (Å²) in [4.78, 5) is 33.9. The van der Waals surface area contributed by atoms with Gasteiger partial charge in [0.25, 0.3) is 0 Å². The zero-order valence-electron chi connectivity index (χ0n) is 14.3. The number of hydrogen-bond donors (Lipinski definition) is 2. The molecule has 4 rings (SSSR count). The molecule has 0 saturated heterocycles. The van der Waals surface area contributed by atoms with Gasteiger partial charge in [0, 0.05) is 24.6 Å². The molecule has 1 aromatic heterocycles. The Hall–Kier alpha value is -2.63. The largest absolute Gasteiger partial charge is 0.344 e. The van der Waals surface area contributed by atoms with Crippen molar-refractivity contribution in [2.24, 2.45) is 5.92 Å². The van der Waals surface area contributed by atoms with Crippen molar-refractivity contribution in [1.82, 2.24) is 14.9 Å². The second-order valence-electron chi connectivity index (χ2n) is 6.95. The summed E-state index contributed by atoms with van der Waals surface area (Å²) < 4.78 is 0. The number of carbonyl (C=O) groups excluding carboxylic acids is 2. The van der Waals surface area contributed by atoms with Crippen molar-refractivity contribution in [3.8, 4) is 0 Å². The van der Waals surface area contributed by atoms with Gasteiger partial charge in [-0.15, -0.1) is 0 Å². The number of amides is 2. The Balaban J connectivity index is 1.35. The molecule has 130 valence electrons. The van der Waals surface area contributed by atoms with Crippen molar-refractivity contribution >= 4 is 17.5 Å². The summed E-state index contributed by atoms with van der Waals surface area (Å²) in [6.45, 7) is 3.25. The number of hydrogen-bond acceptors (Lipinski definition) is 3. The Bertz CT molecular complexity index is 805. The van der Waals surface area contributed by atoms with Crippen LogP contribution in [0.1, 0.15) is 35.6 Å². The van der Waals surface area contributed by atoms with E-state index >= 15 is 0 Å². The minimum atomic E-state index is 0.0998. The van der Waals surface area contributed by atoms with Crippen molar-refractivity contribution in [2.45, 2.75) is 39.2 Å². The fourth-order valence-electron chi connectivity index (χ4n) is 3.23. The van der Waals surface area contributed by atoms with Crippen molar-refractivity contribution in [3.05, 3.63) is 47.0 Å². The molecule has 1 aliphatic carbocycles. The normalized spacial score (nSPS) is 16.4. The summed E-state index contributed by atoms with van der Waals surface area (Å²) in [5, 5.41) is 2.92. The minimum Gasteiger partial charge on any atom is -0.344 e. The average Bonchev–Trinajstić information content (AvgIpc) is 3.37. The van der Waals surface area contributed by atoms with Crippen molar-refractivity contribution in [2.75, 3.05) is 11.9 Å². The Kier molecular flexibility index (Phi) is 4.03. The lowest BCUT2D eigenvalue weighted by molar-refractivity contribution is -0.131. The average molecular weight is 338 g/mol. The van der Waals surface area contributed by atoms with E-state index in [4.69, 9.17) is 0 Å². The molecule has 6 nitrogen and oxygen atoms in total. The molecule has 1 fully saturated rings. The van der Waals surface area contributed by atoms with Crippen LogP contribution >= 0.6 is 0 Å². The van der Waals surface area contributed by atoms with E-state index in [0.29, 0.717) is 19.5 Å². The minimum absolute atomic E-state index is 0.0998. The molecule has 0 unspecified atom stereocenters. The quantitative estimate of drug-likeness (QED) is 0.897. The van der Waals surface area contributed by atoms with Gasteiger partial charge < -0.3 is 15.2 Å². The number of benzene rings is 1. The van der Waals surface area contributed by atoms with E-state index < -0.39 is 0 Å². The van der Waals surface area contributed by atoms with Gasteiger partial charge in [0.1, 0.15) is 5.82 Å². The first-order chi connectivity index (χ1) is 12.1. The zero-order chi connectivity index (χ0) is 17.4. The van der Waals surface area contributed by atoms with E-state index in [9.17, 15) is 9.59 Å². The summed E-state index contributed by atoms with van der Waals surface area (Å²) in [7, 11) is 0. The zero-order valence-corrected chi connectivity index (χ0v) is 14.3. The maximum Gasteiger partial charge on any atom is 0.227 e. The van der Waals surface area contributed by atoms with Crippen LogP contribution in [-0.4, -0.2) is 33.2 Å². The third-order valence-corrected chi connectivity index (χ3v) is 4.83. The lowest BCUT2D eigenvalue weighted by Crippen LogP contribution is -2.37. The molecular weight excluding hydrogens is 316 g/mol. The van der Waals surface area contributed by atoms with Crippen LogP contribution < -0.4 is 5.32 Å². The van der Waals surface area contributed by atoms with Crippen LogP contribution in [0.25, 0.3) is 0 Å². The predicted octanol–water partition coefficient (Wildman–Crippen LogP) is 2.19. The van der Waals surface area contributed by atoms with Crippen molar-refractivity contribution in [3.63, 3.8) is 0 Å². The first kappa shape index (κ1) is 15.9. The molecule has 2 amide bonds.